The number of nitriles is 1. The van der Waals surface area contributed by atoms with Crippen LogP contribution >= 0.6 is 0 Å². The van der Waals surface area contributed by atoms with Gasteiger partial charge in [-0.2, -0.15) is 10.4 Å². The predicted octanol–water partition coefficient (Wildman–Crippen LogP) is 3.98. The zero-order chi connectivity index (χ0) is 27.2. The molecule has 2 fully saturated rings. The van der Waals surface area contributed by atoms with Crippen molar-refractivity contribution in [1.29, 1.82) is 5.26 Å². The largest absolute Gasteiger partial charge is 0.450 e. The minimum absolute atomic E-state index is 0.00483. The van der Waals surface area contributed by atoms with Crippen LogP contribution in [0.2, 0.25) is 0 Å². The molecule has 1 unspecified atom stereocenters. The molecule has 0 bridgehead atoms. The number of nitrogens with zero attached hydrogens (tertiary/aromatic N) is 6. The Kier molecular flexibility index (Phi) is 8.01. The lowest BCUT2D eigenvalue weighted by molar-refractivity contribution is 0.0860. The van der Waals surface area contributed by atoms with Crippen LogP contribution in [-0.4, -0.2) is 62.4 Å². The zero-order valence-corrected chi connectivity index (χ0v) is 21.9. The number of carbonyl (C=O) groups excluding carboxylic acids is 2. The highest BCUT2D eigenvalue weighted by Crippen LogP contribution is 2.37. The van der Waals surface area contributed by atoms with E-state index in [4.69, 9.17) is 4.74 Å². The van der Waals surface area contributed by atoms with Gasteiger partial charge in [0.05, 0.1) is 37.0 Å². The number of hydrogen-bond acceptors (Lipinski definition) is 8. The third-order valence-electron chi connectivity index (χ3n) is 7.08. The van der Waals surface area contributed by atoms with Gasteiger partial charge in [-0.3, -0.25) is 9.48 Å². The number of aromatic nitrogens is 4. The summed E-state index contributed by atoms with van der Waals surface area (Å²) >= 11 is 0. The summed E-state index contributed by atoms with van der Waals surface area (Å²) in [5.74, 6) is 0.770. The van der Waals surface area contributed by atoms with E-state index in [2.05, 4.69) is 31.8 Å². The number of likely N-dealkylation sites (tertiary alicyclic amines) is 1. The monoisotopic (exact) mass is 528 g/mol. The van der Waals surface area contributed by atoms with Crippen LogP contribution in [0.4, 0.5) is 16.4 Å². The van der Waals surface area contributed by atoms with E-state index < -0.39 is 0 Å². The van der Waals surface area contributed by atoms with E-state index in [1.54, 1.807) is 36.4 Å². The number of rotatable bonds is 9. The van der Waals surface area contributed by atoms with Crippen molar-refractivity contribution in [2.24, 2.45) is 11.8 Å². The summed E-state index contributed by atoms with van der Waals surface area (Å²) in [6.07, 6.45) is 8.67. The Labute approximate surface area is 227 Å². The van der Waals surface area contributed by atoms with Crippen LogP contribution in [0.3, 0.4) is 0 Å². The lowest BCUT2D eigenvalue weighted by atomic mass is 10.0. The maximum absolute atomic E-state index is 12.7. The summed E-state index contributed by atoms with van der Waals surface area (Å²) in [6.45, 7) is 3.86. The van der Waals surface area contributed by atoms with Crippen molar-refractivity contribution < 1.29 is 14.3 Å². The van der Waals surface area contributed by atoms with Crippen molar-refractivity contribution in [3.63, 3.8) is 0 Å². The molecular formula is C28H32N8O3. The highest BCUT2D eigenvalue weighted by atomic mass is 16.6. The number of ether oxygens (including phenoxy) is 1. The van der Waals surface area contributed by atoms with Crippen LogP contribution in [0.5, 0.6) is 0 Å². The van der Waals surface area contributed by atoms with Gasteiger partial charge in [0, 0.05) is 48.3 Å². The van der Waals surface area contributed by atoms with E-state index in [-0.39, 0.29) is 24.0 Å². The average Bonchev–Trinajstić information content (AvgIpc) is 3.70. The Morgan fingerprint density at radius 1 is 1.15 bits per heavy atom. The topological polar surface area (TPSA) is 138 Å². The lowest BCUT2D eigenvalue weighted by Crippen LogP contribution is -2.46. The first-order chi connectivity index (χ1) is 19.0. The van der Waals surface area contributed by atoms with E-state index in [1.165, 1.54) is 0 Å². The third kappa shape index (κ3) is 6.71. The Hall–Kier alpha value is -4.46. The Bertz CT molecular complexity index is 1340. The lowest BCUT2D eigenvalue weighted by Gasteiger charge is -2.31. The SMILES string of the molecule is CCOC(=O)N1CCC(NC(=O)c2ccc(Nc3nccc(-c4cnn(CC(C#N)C5CC5)c4)n3)cc2)CC1. The van der Waals surface area contributed by atoms with E-state index in [0.29, 0.717) is 56.5 Å². The fraction of sp³-hybridized carbons (Fsp3) is 0.429. The molecule has 3 heterocycles. The van der Waals surface area contributed by atoms with Crippen molar-refractivity contribution >= 4 is 23.6 Å². The van der Waals surface area contributed by atoms with E-state index in [9.17, 15) is 14.9 Å². The van der Waals surface area contributed by atoms with Crippen molar-refractivity contribution in [2.45, 2.75) is 45.2 Å². The molecule has 1 saturated heterocycles. The van der Waals surface area contributed by atoms with Gasteiger partial charge >= 0.3 is 6.09 Å². The van der Waals surface area contributed by atoms with Gasteiger partial charge in [-0.15, -0.1) is 0 Å². The van der Waals surface area contributed by atoms with Gasteiger partial charge in [0.2, 0.25) is 5.95 Å². The van der Waals surface area contributed by atoms with Crippen LogP contribution in [-0.2, 0) is 11.3 Å². The molecule has 2 aliphatic rings. The van der Waals surface area contributed by atoms with Crippen LogP contribution < -0.4 is 10.6 Å². The standard InChI is InChI=1S/C28H32N8O3/c1-2-39-28(38)35-13-10-24(11-14-35)32-26(37)20-5-7-23(8-6-20)33-27-30-12-9-25(34-27)22-16-31-36(18-22)17-21(15-29)19-3-4-19/h5-9,12,16,18-19,21,24H,2-4,10-11,13-14,17H2,1H3,(H,32,37)(H,30,33,34). The molecule has 1 aliphatic heterocycles. The first kappa shape index (κ1) is 26.2. The summed E-state index contributed by atoms with van der Waals surface area (Å²) in [5.41, 5.74) is 2.89. The Balaban J connectivity index is 1.14. The number of carbonyl (C=O) groups is 2. The van der Waals surface area contributed by atoms with Crippen molar-refractivity contribution in [3.8, 4) is 17.3 Å². The molecule has 1 aromatic carbocycles. The molecule has 11 nitrogen and oxygen atoms in total. The predicted molar refractivity (Wildman–Crippen MR) is 144 cm³/mol. The second kappa shape index (κ2) is 11.9. The molecule has 5 rings (SSSR count). The molecule has 3 aromatic rings. The summed E-state index contributed by atoms with van der Waals surface area (Å²) in [7, 11) is 0. The minimum atomic E-state index is -0.299. The fourth-order valence-corrected chi connectivity index (χ4v) is 4.69. The first-order valence-electron chi connectivity index (χ1n) is 13.4. The number of piperidine rings is 1. The fourth-order valence-electron chi connectivity index (χ4n) is 4.69. The van der Waals surface area contributed by atoms with E-state index in [0.717, 1.165) is 29.8 Å². The average molecular weight is 529 g/mol. The number of benzene rings is 1. The molecule has 2 aromatic heterocycles. The molecule has 0 radical (unpaired) electrons. The molecule has 1 atom stereocenters. The smallest absolute Gasteiger partial charge is 0.409 e. The maximum Gasteiger partial charge on any atom is 0.409 e. The van der Waals surface area contributed by atoms with Gasteiger partial charge in [-0.05, 0) is 68.9 Å². The molecule has 39 heavy (non-hydrogen) atoms. The summed E-state index contributed by atoms with van der Waals surface area (Å²) in [4.78, 5) is 35.2. The number of nitrogens with one attached hydrogen (secondary N) is 2. The van der Waals surface area contributed by atoms with Gasteiger partial charge in [-0.25, -0.2) is 14.8 Å². The molecule has 1 saturated carbocycles. The van der Waals surface area contributed by atoms with Crippen molar-refractivity contribution in [3.05, 3.63) is 54.5 Å². The Morgan fingerprint density at radius 2 is 1.92 bits per heavy atom. The summed E-state index contributed by atoms with van der Waals surface area (Å²) < 4.78 is 6.86. The maximum atomic E-state index is 12.7. The molecular weight excluding hydrogens is 496 g/mol. The second-order valence-corrected chi connectivity index (χ2v) is 9.93. The van der Waals surface area contributed by atoms with E-state index in [1.807, 2.05) is 29.1 Å². The van der Waals surface area contributed by atoms with Gasteiger partial charge < -0.3 is 20.3 Å². The molecule has 2 amide bonds. The zero-order valence-electron chi connectivity index (χ0n) is 21.9. The van der Waals surface area contributed by atoms with Crippen LogP contribution in [0, 0.1) is 23.2 Å². The Morgan fingerprint density at radius 3 is 2.62 bits per heavy atom. The van der Waals surface area contributed by atoms with Crippen LogP contribution in [0.25, 0.3) is 11.3 Å². The van der Waals surface area contributed by atoms with Crippen LogP contribution in [0.1, 0.15) is 43.0 Å². The minimum Gasteiger partial charge on any atom is -0.450 e. The number of amides is 2. The van der Waals surface area contributed by atoms with Gasteiger partial charge in [-0.1, -0.05) is 0 Å². The normalized spacial score (nSPS) is 16.3. The third-order valence-corrected chi connectivity index (χ3v) is 7.08. The molecule has 1 aliphatic carbocycles. The molecule has 2 N–H and O–H groups in total. The molecule has 0 spiro atoms. The van der Waals surface area contributed by atoms with E-state index >= 15 is 0 Å². The number of anilines is 2. The van der Waals surface area contributed by atoms with Crippen molar-refractivity contribution in [2.75, 3.05) is 25.0 Å². The molecule has 202 valence electrons. The quantitative estimate of drug-likeness (QED) is 0.425. The first-order valence-corrected chi connectivity index (χ1v) is 13.4. The highest BCUT2D eigenvalue weighted by molar-refractivity contribution is 5.94. The van der Waals surface area contributed by atoms with Gasteiger partial charge in [0.1, 0.15) is 0 Å². The highest BCUT2D eigenvalue weighted by Gasteiger charge is 2.31. The van der Waals surface area contributed by atoms with Crippen molar-refractivity contribution in [1.82, 2.24) is 30.0 Å². The van der Waals surface area contributed by atoms with Crippen LogP contribution in [0.15, 0.2) is 48.9 Å². The summed E-state index contributed by atoms with van der Waals surface area (Å²) in [5, 5.41) is 20.1. The second-order valence-electron chi connectivity index (χ2n) is 9.93. The number of hydrogen-bond donors (Lipinski definition) is 2. The van der Waals surface area contributed by atoms with Gasteiger partial charge in [0.25, 0.3) is 5.91 Å². The molecule has 11 heteroatoms. The van der Waals surface area contributed by atoms with Gasteiger partial charge in [0.15, 0.2) is 0 Å². The summed E-state index contributed by atoms with van der Waals surface area (Å²) in [6, 6.07) is 11.4.